The molecule has 1 aliphatic carbocycles. The van der Waals surface area contributed by atoms with Crippen LogP contribution < -0.4 is 4.74 Å². The second-order valence-corrected chi connectivity index (χ2v) is 7.22. The quantitative estimate of drug-likeness (QED) is 0.817. The summed E-state index contributed by atoms with van der Waals surface area (Å²) in [5.41, 5.74) is 0. The lowest BCUT2D eigenvalue weighted by Gasteiger charge is -2.31. The summed E-state index contributed by atoms with van der Waals surface area (Å²) in [7, 11) is -3.04. The molecule has 0 radical (unpaired) electrons. The maximum Gasteiger partial charge on any atom is 0.232 e. The molecule has 19 heavy (non-hydrogen) atoms. The number of hydrogen-bond donors (Lipinski definition) is 0. The summed E-state index contributed by atoms with van der Waals surface area (Å²) in [6.07, 6.45) is 7.84. The van der Waals surface area contributed by atoms with Gasteiger partial charge in [0.05, 0.1) is 11.4 Å². The van der Waals surface area contributed by atoms with E-state index in [2.05, 4.69) is 9.97 Å². The summed E-state index contributed by atoms with van der Waals surface area (Å²) >= 11 is 0. The monoisotopic (exact) mass is 283 g/mol. The van der Waals surface area contributed by atoms with Crippen LogP contribution in [-0.4, -0.2) is 47.1 Å². The number of piperidine rings is 1. The Morgan fingerprint density at radius 2 is 1.89 bits per heavy atom. The number of nitrogens with zero attached hydrogens (tertiary/aromatic N) is 3. The molecular weight excluding hydrogens is 266 g/mol. The van der Waals surface area contributed by atoms with E-state index in [-0.39, 0.29) is 11.4 Å². The zero-order valence-corrected chi connectivity index (χ0v) is 11.4. The summed E-state index contributed by atoms with van der Waals surface area (Å²) in [6.45, 7) is 1.09. The van der Waals surface area contributed by atoms with Gasteiger partial charge < -0.3 is 4.74 Å². The zero-order chi connectivity index (χ0) is 13.3. The smallest absolute Gasteiger partial charge is 0.232 e. The van der Waals surface area contributed by atoms with Crippen LogP contribution in [0, 0.1) is 0 Å². The Morgan fingerprint density at radius 3 is 2.47 bits per heavy atom. The topological polar surface area (TPSA) is 72.4 Å². The molecule has 104 valence electrons. The zero-order valence-electron chi connectivity index (χ0n) is 10.6. The summed E-state index contributed by atoms with van der Waals surface area (Å²) in [5.74, 6) is 0.506. The highest BCUT2D eigenvalue weighted by Crippen LogP contribution is 2.32. The molecule has 0 amide bonds. The van der Waals surface area contributed by atoms with Crippen molar-refractivity contribution in [2.45, 2.75) is 37.0 Å². The molecule has 1 aliphatic heterocycles. The fourth-order valence-electron chi connectivity index (χ4n) is 2.30. The van der Waals surface area contributed by atoms with Gasteiger partial charge in [-0.3, -0.25) is 4.98 Å². The standard InChI is InChI=1S/C12H17N3O3S/c16-19(17,11-1-2-11)15-7-3-10(4-8-15)18-12-9-13-5-6-14-12/h5-6,9-11H,1-4,7-8H2. The fraction of sp³-hybridized carbons (Fsp3) is 0.667. The van der Waals surface area contributed by atoms with Gasteiger partial charge >= 0.3 is 0 Å². The van der Waals surface area contributed by atoms with Crippen LogP contribution in [0.15, 0.2) is 18.6 Å². The molecule has 3 rings (SSSR count). The van der Waals surface area contributed by atoms with Crippen LogP contribution in [-0.2, 0) is 10.0 Å². The van der Waals surface area contributed by atoms with Gasteiger partial charge in [-0.25, -0.2) is 17.7 Å². The Morgan fingerprint density at radius 1 is 1.16 bits per heavy atom. The molecule has 1 aromatic heterocycles. The first-order valence-electron chi connectivity index (χ1n) is 6.58. The third-order valence-corrected chi connectivity index (χ3v) is 5.93. The van der Waals surface area contributed by atoms with Gasteiger partial charge in [-0.15, -0.1) is 0 Å². The van der Waals surface area contributed by atoms with Gasteiger partial charge in [0.25, 0.3) is 0 Å². The molecule has 6 nitrogen and oxygen atoms in total. The van der Waals surface area contributed by atoms with Crippen molar-refractivity contribution in [3.8, 4) is 5.88 Å². The van der Waals surface area contributed by atoms with E-state index in [9.17, 15) is 8.42 Å². The SMILES string of the molecule is O=S(=O)(C1CC1)N1CCC(Oc2cnccn2)CC1. The lowest BCUT2D eigenvalue weighted by atomic mass is 10.1. The number of rotatable bonds is 4. The minimum Gasteiger partial charge on any atom is -0.473 e. The first-order valence-corrected chi connectivity index (χ1v) is 8.08. The van der Waals surface area contributed by atoms with E-state index in [0.29, 0.717) is 31.8 Å². The van der Waals surface area contributed by atoms with Gasteiger partial charge in [-0.2, -0.15) is 0 Å². The Balaban J connectivity index is 1.55. The average molecular weight is 283 g/mol. The van der Waals surface area contributed by atoms with E-state index in [0.717, 1.165) is 12.8 Å². The van der Waals surface area contributed by atoms with E-state index in [1.54, 1.807) is 22.9 Å². The molecule has 2 aliphatic rings. The molecule has 0 atom stereocenters. The van der Waals surface area contributed by atoms with Crippen molar-refractivity contribution in [2.24, 2.45) is 0 Å². The van der Waals surface area contributed by atoms with Crippen molar-refractivity contribution >= 4 is 10.0 Å². The van der Waals surface area contributed by atoms with E-state index < -0.39 is 10.0 Å². The molecule has 0 bridgehead atoms. The first kappa shape index (κ1) is 12.8. The minimum atomic E-state index is -3.04. The maximum absolute atomic E-state index is 12.1. The molecule has 0 N–H and O–H groups in total. The van der Waals surface area contributed by atoms with Crippen molar-refractivity contribution in [3.63, 3.8) is 0 Å². The fourth-order valence-corrected chi connectivity index (χ4v) is 4.17. The largest absolute Gasteiger partial charge is 0.473 e. The van der Waals surface area contributed by atoms with Crippen molar-refractivity contribution in [1.82, 2.24) is 14.3 Å². The third kappa shape index (κ3) is 2.87. The predicted octanol–water partition coefficient (Wildman–Crippen LogP) is 0.812. The number of ether oxygens (including phenoxy) is 1. The number of sulfonamides is 1. The number of aromatic nitrogens is 2. The lowest BCUT2D eigenvalue weighted by Crippen LogP contribution is -2.43. The molecule has 2 fully saturated rings. The van der Waals surface area contributed by atoms with Gasteiger partial charge in [0.2, 0.25) is 15.9 Å². The molecule has 1 saturated heterocycles. The van der Waals surface area contributed by atoms with Gasteiger partial charge in [-0.05, 0) is 25.7 Å². The van der Waals surface area contributed by atoms with E-state index in [1.807, 2.05) is 0 Å². The van der Waals surface area contributed by atoms with Crippen molar-refractivity contribution in [3.05, 3.63) is 18.6 Å². The van der Waals surface area contributed by atoms with E-state index in [1.165, 1.54) is 0 Å². The van der Waals surface area contributed by atoms with Crippen LogP contribution in [0.3, 0.4) is 0 Å². The third-order valence-electron chi connectivity index (χ3n) is 3.53. The Bertz CT molecular complexity index is 522. The highest BCUT2D eigenvalue weighted by atomic mass is 32.2. The molecule has 7 heteroatoms. The highest BCUT2D eigenvalue weighted by Gasteiger charge is 2.41. The van der Waals surface area contributed by atoms with Crippen LogP contribution in [0.4, 0.5) is 0 Å². The molecule has 1 aromatic rings. The van der Waals surface area contributed by atoms with Gasteiger partial charge in [0.15, 0.2) is 0 Å². The summed E-state index contributed by atoms with van der Waals surface area (Å²) in [5, 5.41) is -0.120. The van der Waals surface area contributed by atoms with Crippen LogP contribution in [0.1, 0.15) is 25.7 Å². The summed E-state index contributed by atoms with van der Waals surface area (Å²) < 4.78 is 31.5. The Hall–Kier alpha value is -1.21. The van der Waals surface area contributed by atoms with Crippen LogP contribution in [0.2, 0.25) is 0 Å². The van der Waals surface area contributed by atoms with Crippen LogP contribution in [0.5, 0.6) is 5.88 Å². The minimum absolute atomic E-state index is 0.0300. The highest BCUT2D eigenvalue weighted by molar-refractivity contribution is 7.90. The second-order valence-electron chi connectivity index (χ2n) is 5.00. The van der Waals surface area contributed by atoms with Gasteiger partial charge in [0, 0.05) is 25.5 Å². The van der Waals surface area contributed by atoms with Crippen molar-refractivity contribution in [2.75, 3.05) is 13.1 Å². The van der Waals surface area contributed by atoms with Crippen LogP contribution >= 0.6 is 0 Å². The molecule has 0 spiro atoms. The Labute approximate surface area is 112 Å². The summed E-state index contributed by atoms with van der Waals surface area (Å²) in [6, 6.07) is 0. The van der Waals surface area contributed by atoms with E-state index in [4.69, 9.17) is 4.74 Å². The molecule has 0 aromatic carbocycles. The number of hydrogen-bond acceptors (Lipinski definition) is 5. The second kappa shape index (κ2) is 5.05. The lowest BCUT2D eigenvalue weighted by molar-refractivity contribution is 0.129. The van der Waals surface area contributed by atoms with Crippen molar-refractivity contribution in [1.29, 1.82) is 0 Å². The van der Waals surface area contributed by atoms with Crippen LogP contribution in [0.25, 0.3) is 0 Å². The maximum atomic E-state index is 12.1. The van der Waals surface area contributed by atoms with Gasteiger partial charge in [0.1, 0.15) is 6.10 Å². The average Bonchev–Trinajstić information content (AvgIpc) is 3.25. The van der Waals surface area contributed by atoms with E-state index >= 15 is 0 Å². The molecule has 1 saturated carbocycles. The molecule has 2 heterocycles. The Kier molecular flexibility index (Phi) is 3.40. The molecular formula is C12H17N3O3S. The van der Waals surface area contributed by atoms with Crippen molar-refractivity contribution < 1.29 is 13.2 Å². The van der Waals surface area contributed by atoms with Gasteiger partial charge in [-0.1, -0.05) is 0 Å². The normalized spacial score (nSPS) is 22.3. The first-order chi connectivity index (χ1) is 9.16. The molecule has 0 unspecified atom stereocenters. The summed E-state index contributed by atoms with van der Waals surface area (Å²) in [4.78, 5) is 8.00. The predicted molar refractivity (Wildman–Crippen MR) is 69.2 cm³/mol.